The van der Waals surface area contributed by atoms with Crippen molar-refractivity contribution < 1.29 is 9.50 Å². The molecule has 0 aliphatic carbocycles. The first-order chi connectivity index (χ1) is 9.15. The quantitative estimate of drug-likeness (QED) is 0.918. The molecule has 0 aliphatic rings. The number of aliphatic hydroxyl groups is 1. The molecule has 0 fully saturated rings. The Morgan fingerprint density at radius 3 is 2.74 bits per heavy atom. The van der Waals surface area contributed by atoms with Gasteiger partial charge in [0.25, 0.3) is 0 Å². The number of hydrogen-bond donors (Lipinski definition) is 1. The van der Waals surface area contributed by atoms with Crippen LogP contribution in [0.1, 0.15) is 24.1 Å². The van der Waals surface area contributed by atoms with Crippen LogP contribution in [0.2, 0.25) is 0 Å². The summed E-state index contributed by atoms with van der Waals surface area (Å²) < 4.78 is 13.8. The van der Waals surface area contributed by atoms with E-state index in [0.717, 1.165) is 11.3 Å². The van der Waals surface area contributed by atoms with Crippen molar-refractivity contribution >= 4 is 5.69 Å². The van der Waals surface area contributed by atoms with E-state index in [1.54, 1.807) is 30.6 Å². The van der Waals surface area contributed by atoms with Crippen molar-refractivity contribution in [3.8, 4) is 0 Å². The lowest BCUT2D eigenvalue weighted by atomic mass is 10.1. The summed E-state index contributed by atoms with van der Waals surface area (Å²) in [5.74, 6) is -0.226. The number of aliphatic hydroxyl groups excluding tert-OH is 1. The molecule has 2 rings (SSSR count). The predicted molar refractivity (Wildman–Crippen MR) is 73.4 cm³/mol. The van der Waals surface area contributed by atoms with Crippen LogP contribution in [-0.4, -0.2) is 17.1 Å². The van der Waals surface area contributed by atoms with Crippen LogP contribution in [0, 0.1) is 5.82 Å². The van der Waals surface area contributed by atoms with E-state index in [-0.39, 0.29) is 18.5 Å². The zero-order valence-corrected chi connectivity index (χ0v) is 11.0. The van der Waals surface area contributed by atoms with E-state index in [2.05, 4.69) is 4.98 Å². The van der Waals surface area contributed by atoms with Crippen LogP contribution in [-0.2, 0) is 6.61 Å². The molecular weight excluding hydrogens is 243 g/mol. The van der Waals surface area contributed by atoms with Gasteiger partial charge in [-0.15, -0.1) is 0 Å². The summed E-state index contributed by atoms with van der Waals surface area (Å²) in [6.07, 6.45) is 3.32. The van der Waals surface area contributed by atoms with Crippen molar-refractivity contribution in [2.75, 3.05) is 11.9 Å². The topological polar surface area (TPSA) is 36.4 Å². The molecule has 3 nitrogen and oxygen atoms in total. The molecule has 1 N–H and O–H groups in total. The molecule has 19 heavy (non-hydrogen) atoms. The van der Waals surface area contributed by atoms with Gasteiger partial charge in [0.15, 0.2) is 0 Å². The summed E-state index contributed by atoms with van der Waals surface area (Å²) in [5.41, 5.74) is 2.21. The maximum atomic E-state index is 13.8. The molecule has 0 saturated carbocycles. The second-order valence-corrected chi connectivity index (χ2v) is 4.47. The lowest BCUT2D eigenvalue weighted by Gasteiger charge is -2.28. The number of benzene rings is 1. The van der Waals surface area contributed by atoms with Crippen molar-refractivity contribution in [1.29, 1.82) is 0 Å². The Labute approximate surface area is 112 Å². The Bertz CT molecular complexity index is 559. The van der Waals surface area contributed by atoms with Gasteiger partial charge < -0.3 is 10.0 Å². The molecule has 2 aromatic rings. The van der Waals surface area contributed by atoms with Gasteiger partial charge in [-0.25, -0.2) is 4.39 Å². The van der Waals surface area contributed by atoms with Crippen molar-refractivity contribution in [3.05, 3.63) is 59.7 Å². The van der Waals surface area contributed by atoms with Gasteiger partial charge in [0.1, 0.15) is 5.82 Å². The first-order valence-electron chi connectivity index (χ1n) is 6.16. The molecule has 1 heterocycles. The minimum Gasteiger partial charge on any atom is -0.392 e. The van der Waals surface area contributed by atoms with Gasteiger partial charge in [0.05, 0.1) is 24.5 Å². The normalized spacial score (nSPS) is 12.2. The first kappa shape index (κ1) is 13.5. The van der Waals surface area contributed by atoms with Gasteiger partial charge in [-0.3, -0.25) is 4.98 Å². The summed E-state index contributed by atoms with van der Waals surface area (Å²) in [7, 11) is 1.87. The Balaban J connectivity index is 2.34. The Morgan fingerprint density at radius 1 is 1.32 bits per heavy atom. The van der Waals surface area contributed by atoms with E-state index in [0.29, 0.717) is 5.56 Å². The monoisotopic (exact) mass is 260 g/mol. The number of nitrogens with zero attached hydrogens (tertiary/aromatic N) is 2. The van der Waals surface area contributed by atoms with Gasteiger partial charge in [-0.05, 0) is 19.1 Å². The molecule has 0 amide bonds. The molecule has 4 heteroatoms. The molecule has 100 valence electrons. The fourth-order valence-corrected chi connectivity index (χ4v) is 2.10. The van der Waals surface area contributed by atoms with Crippen molar-refractivity contribution in [3.63, 3.8) is 0 Å². The lowest BCUT2D eigenvalue weighted by molar-refractivity contribution is 0.282. The van der Waals surface area contributed by atoms with E-state index >= 15 is 0 Å². The van der Waals surface area contributed by atoms with Crippen LogP contribution in [0.15, 0.2) is 42.7 Å². The summed E-state index contributed by atoms with van der Waals surface area (Å²) >= 11 is 0. The number of halogens is 1. The standard InChI is InChI=1S/C15H17FN2O/c1-11(13-5-3-4-6-14(13)16)18(2)15-9-17-8-7-12(15)10-19/h3-9,11,19H,10H2,1-2H3. The molecule has 0 spiro atoms. The summed E-state index contributed by atoms with van der Waals surface area (Å²) in [6, 6.07) is 8.34. The maximum absolute atomic E-state index is 13.8. The fraction of sp³-hybridized carbons (Fsp3) is 0.267. The van der Waals surface area contributed by atoms with Crippen LogP contribution < -0.4 is 4.90 Å². The number of anilines is 1. The minimum atomic E-state index is -0.226. The summed E-state index contributed by atoms with van der Waals surface area (Å²) in [6.45, 7) is 1.86. The van der Waals surface area contributed by atoms with Gasteiger partial charge in [-0.1, -0.05) is 18.2 Å². The summed E-state index contributed by atoms with van der Waals surface area (Å²) in [4.78, 5) is 5.98. The lowest BCUT2D eigenvalue weighted by Crippen LogP contribution is -2.23. The zero-order chi connectivity index (χ0) is 13.8. The second-order valence-electron chi connectivity index (χ2n) is 4.47. The molecule has 1 unspecified atom stereocenters. The third kappa shape index (κ3) is 2.74. The highest BCUT2D eigenvalue weighted by Gasteiger charge is 2.17. The molecule has 0 radical (unpaired) electrons. The van der Waals surface area contributed by atoms with E-state index in [4.69, 9.17) is 0 Å². The molecule has 0 saturated heterocycles. The highest BCUT2D eigenvalue weighted by Crippen LogP contribution is 2.28. The number of hydrogen-bond acceptors (Lipinski definition) is 3. The van der Waals surface area contributed by atoms with Gasteiger partial charge in [0, 0.05) is 24.4 Å². The van der Waals surface area contributed by atoms with Gasteiger partial charge >= 0.3 is 0 Å². The van der Waals surface area contributed by atoms with Crippen molar-refractivity contribution in [2.45, 2.75) is 19.6 Å². The van der Waals surface area contributed by atoms with Crippen LogP contribution in [0.5, 0.6) is 0 Å². The van der Waals surface area contributed by atoms with Crippen LogP contribution in [0.4, 0.5) is 10.1 Å². The van der Waals surface area contributed by atoms with E-state index in [1.807, 2.05) is 24.9 Å². The number of pyridine rings is 1. The highest BCUT2D eigenvalue weighted by molar-refractivity contribution is 5.52. The first-order valence-corrected chi connectivity index (χ1v) is 6.16. The largest absolute Gasteiger partial charge is 0.392 e. The van der Waals surface area contributed by atoms with E-state index in [9.17, 15) is 9.50 Å². The van der Waals surface area contributed by atoms with Gasteiger partial charge in [-0.2, -0.15) is 0 Å². The molecule has 1 aromatic heterocycles. The van der Waals surface area contributed by atoms with Gasteiger partial charge in [0.2, 0.25) is 0 Å². The van der Waals surface area contributed by atoms with Crippen LogP contribution in [0.3, 0.4) is 0 Å². The van der Waals surface area contributed by atoms with E-state index in [1.165, 1.54) is 6.07 Å². The maximum Gasteiger partial charge on any atom is 0.128 e. The van der Waals surface area contributed by atoms with Crippen molar-refractivity contribution in [1.82, 2.24) is 4.98 Å². The number of rotatable bonds is 4. The third-order valence-corrected chi connectivity index (χ3v) is 3.37. The average Bonchev–Trinajstić information content (AvgIpc) is 2.46. The zero-order valence-electron chi connectivity index (χ0n) is 11.0. The van der Waals surface area contributed by atoms with Crippen LogP contribution in [0.25, 0.3) is 0 Å². The van der Waals surface area contributed by atoms with Crippen molar-refractivity contribution in [2.24, 2.45) is 0 Å². The highest BCUT2D eigenvalue weighted by atomic mass is 19.1. The molecular formula is C15H17FN2O. The molecule has 1 atom stereocenters. The Hall–Kier alpha value is -1.94. The molecule has 0 aliphatic heterocycles. The van der Waals surface area contributed by atoms with E-state index < -0.39 is 0 Å². The second kappa shape index (κ2) is 5.80. The molecule has 0 bridgehead atoms. The Kier molecular flexibility index (Phi) is 4.12. The summed E-state index contributed by atoms with van der Waals surface area (Å²) in [5, 5.41) is 9.35. The Morgan fingerprint density at radius 2 is 2.05 bits per heavy atom. The smallest absolute Gasteiger partial charge is 0.128 e. The minimum absolute atomic E-state index is 0.0633. The SMILES string of the molecule is CC(c1ccccc1F)N(C)c1cnccc1CO. The fourth-order valence-electron chi connectivity index (χ4n) is 2.10. The number of aromatic nitrogens is 1. The molecule has 1 aromatic carbocycles. The third-order valence-electron chi connectivity index (χ3n) is 3.37. The predicted octanol–water partition coefficient (Wildman–Crippen LogP) is 2.91. The average molecular weight is 260 g/mol. The van der Waals surface area contributed by atoms with Crippen LogP contribution >= 0.6 is 0 Å².